The molecule has 90 valence electrons. The molecule has 5 heteroatoms. The average Bonchev–Trinajstić information content (AvgIpc) is 2.45. The van der Waals surface area contributed by atoms with Crippen LogP contribution in [0.3, 0.4) is 0 Å². The summed E-state index contributed by atoms with van der Waals surface area (Å²) in [5, 5.41) is 11.8. The fourth-order valence-corrected chi connectivity index (χ4v) is 1.61. The van der Waals surface area contributed by atoms with Crippen LogP contribution < -0.4 is 11.1 Å². The highest BCUT2D eigenvalue weighted by molar-refractivity contribution is 5.34. The fourth-order valence-electron chi connectivity index (χ4n) is 1.61. The van der Waals surface area contributed by atoms with Crippen LogP contribution in [-0.2, 0) is 13.1 Å². The molecule has 2 aromatic rings. The van der Waals surface area contributed by atoms with Gasteiger partial charge in [0.15, 0.2) is 0 Å². The van der Waals surface area contributed by atoms with E-state index in [9.17, 15) is 0 Å². The number of hydrogen-bond acceptors (Lipinski definition) is 5. The van der Waals surface area contributed by atoms with Gasteiger partial charge in [0.1, 0.15) is 11.8 Å². The Labute approximate surface area is 105 Å². The SMILES string of the molecule is N#Cc1ccnc(NCc2ccccc2CN)n1. The molecular formula is C13H13N5. The van der Waals surface area contributed by atoms with Crippen LogP contribution in [-0.4, -0.2) is 9.97 Å². The summed E-state index contributed by atoms with van der Waals surface area (Å²) in [5.41, 5.74) is 8.20. The maximum Gasteiger partial charge on any atom is 0.224 e. The summed E-state index contributed by atoms with van der Waals surface area (Å²) < 4.78 is 0. The van der Waals surface area contributed by atoms with Gasteiger partial charge in [0.05, 0.1) is 0 Å². The van der Waals surface area contributed by atoms with Crippen molar-refractivity contribution in [1.82, 2.24) is 9.97 Å². The van der Waals surface area contributed by atoms with Gasteiger partial charge in [0.2, 0.25) is 5.95 Å². The summed E-state index contributed by atoms with van der Waals surface area (Å²) in [4.78, 5) is 8.10. The van der Waals surface area contributed by atoms with E-state index in [4.69, 9.17) is 11.0 Å². The third kappa shape index (κ3) is 2.81. The van der Waals surface area contributed by atoms with Crippen molar-refractivity contribution in [2.75, 3.05) is 5.32 Å². The Morgan fingerprint density at radius 3 is 2.72 bits per heavy atom. The Bertz CT molecular complexity index is 574. The van der Waals surface area contributed by atoms with E-state index in [1.165, 1.54) is 0 Å². The highest BCUT2D eigenvalue weighted by Crippen LogP contribution is 2.09. The molecule has 0 spiro atoms. The van der Waals surface area contributed by atoms with Gasteiger partial charge in [-0.25, -0.2) is 9.97 Å². The van der Waals surface area contributed by atoms with E-state index in [0.29, 0.717) is 24.7 Å². The first kappa shape index (κ1) is 12.0. The first-order valence-electron chi connectivity index (χ1n) is 5.57. The lowest BCUT2D eigenvalue weighted by Gasteiger charge is -2.08. The lowest BCUT2D eigenvalue weighted by molar-refractivity contribution is 0.986. The molecule has 1 aromatic heterocycles. The Kier molecular flexibility index (Phi) is 3.84. The molecule has 0 aliphatic carbocycles. The van der Waals surface area contributed by atoms with Crippen molar-refractivity contribution in [3.05, 3.63) is 53.3 Å². The monoisotopic (exact) mass is 239 g/mol. The minimum Gasteiger partial charge on any atom is -0.350 e. The maximum absolute atomic E-state index is 8.74. The van der Waals surface area contributed by atoms with E-state index in [1.807, 2.05) is 30.3 Å². The smallest absolute Gasteiger partial charge is 0.224 e. The topological polar surface area (TPSA) is 87.6 Å². The number of nitrogens with one attached hydrogen (secondary N) is 1. The van der Waals surface area contributed by atoms with Crippen molar-refractivity contribution in [2.24, 2.45) is 5.73 Å². The van der Waals surface area contributed by atoms with Gasteiger partial charge in [-0.15, -0.1) is 0 Å². The van der Waals surface area contributed by atoms with E-state index in [-0.39, 0.29) is 0 Å². The number of hydrogen-bond donors (Lipinski definition) is 2. The molecule has 0 amide bonds. The van der Waals surface area contributed by atoms with Crippen molar-refractivity contribution in [2.45, 2.75) is 13.1 Å². The third-order valence-electron chi connectivity index (χ3n) is 2.55. The largest absolute Gasteiger partial charge is 0.350 e. The molecule has 0 aliphatic rings. The first-order chi connectivity index (χ1) is 8.83. The zero-order chi connectivity index (χ0) is 12.8. The van der Waals surface area contributed by atoms with Gasteiger partial charge < -0.3 is 11.1 Å². The molecule has 3 N–H and O–H groups in total. The molecule has 1 aromatic carbocycles. The van der Waals surface area contributed by atoms with E-state index >= 15 is 0 Å². The fraction of sp³-hybridized carbons (Fsp3) is 0.154. The second kappa shape index (κ2) is 5.75. The number of rotatable bonds is 4. The molecule has 0 bridgehead atoms. The average molecular weight is 239 g/mol. The number of nitrogens with zero attached hydrogens (tertiary/aromatic N) is 3. The van der Waals surface area contributed by atoms with Gasteiger partial charge in [0.25, 0.3) is 0 Å². The summed E-state index contributed by atoms with van der Waals surface area (Å²) in [5.74, 6) is 0.445. The molecule has 0 unspecified atom stereocenters. The highest BCUT2D eigenvalue weighted by atomic mass is 15.1. The first-order valence-corrected chi connectivity index (χ1v) is 5.57. The third-order valence-corrected chi connectivity index (χ3v) is 2.55. The summed E-state index contributed by atoms with van der Waals surface area (Å²) in [6.07, 6.45) is 1.56. The van der Waals surface area contributed by atoms with Crippen LogP contribution in [0.15, 0.2) is 36.5 Å². The van der Waals surface area contributed by atoms with Crippen LogP contribution in [0.25, 0.3) is 0 Å². The summed E-state index contributed by atoms with van der Waals surface area (Å²) in [6.45, 7) is 1.08. The quantitative estimate of drug-likeness (QED) is 0.842. The lowest BCUT2D eigenvalue weighted by atomic mass is 10.1. The summed E-state index contributed by atoms with van der Waals surface area (Å²) in [6, 6.07) is 11.5. The van der Waals surface area contributed by atoms with Crippen molar-refractivity contribution in [3.8, 4) is 6.07 Å². The molecule has 5 nitrogen and oxygen atoms in total. The Morgan fingerprint density at radius 1 is 1.22 bits per heavy atom. The minimum absolute atomic E-state index is 0.347. The van der Waals surface area contributed by atoms with Gasteiger partial charge in [0, 0.05) is 19.3 Å². The second-order valence-electron chi connectivity index (χ2n) is 3.70. The number of nitrogens with two attached hydrogens (primary N) is 1. The Morgan fingerprint density at radius 2 is 2.00 bits per heavy atom. The number of nitriles is 1. The van der Waals surface area contributed by atoms with Gasteiger partial charge in [-0.1, -0.05) is 24.3 Å². The van der Waals surface area contributed by atoms with Crippen LogP contribution in [0.1, 0.15) is 16.8 Å². The predicted octanol–water partition coefficient (Wildman–Crippen LogP) is 1.42. The predicted molar refractivity (Wildman–Crippen MR) is 68.4 cm³/mol. The van der Waals surface area contributed by atoms with Crippen LogP contribution in [0, 0.1) is 11.3 Å². The Balaban J connectivity index is 2.09. The number of benzene rings is 1. The zero-order valence-corrected chi connectivity index (χ0v) is 9.80. The van der Waals surface area contributed by atoms with Crippen molar-refractivity contribution < 1.29 is 0 Å². The normalized spacial score (nSPS) is 9.78. The maximum atomic E-state index is 8.74. The van der Waals surface area contributed by atoms with E-state index in [1.54, 1.807) is 12.3 Å². The molecule has 0 aliphatic heterocycles. The second-order valence-corrected chi connectivity index (χ2v) is 3.70. The molecule has 0 atom stereocenters. The zero-order valence-electron chi connectivity index (χ0n) is 9.80. The number of anilines is 1. The summed E-state index contributed by atoms with van der Waals surface area (Å²) >= 11 is 0. The molecule has 0 saturated heterocycles. The van der Waals surface area contributed by atoms with Crippen LogP contribution in [0.5, 0.6) is 0 Å². The molecule has 2 rings (SSSR count). The molecular weight excluding hydrogens is 226 g/mol. The molecule has 0 saturated carbocycles. The molecule has 18 heavy (non-hydrogen) atoms. The minimum atomic E-state index is 0.347. The highest BCUT2D eigenvalue weighted by Gasteiger charge is 2.02. The van der Waals surface area contributed by atoms with Gasteiger partial charge in [-0.2, -0.15) is 5.26 Å². The molecule has 0 fully saturated rings. The van der Waals surface area contributed by atoms with Gasteiger partial charge in [-0.3, -0.25) is 0 Å². The van der Waals surface area contributed by atoms with Crippen LogP contribution in [0.4, 0.5) is 5.95 Å². The van der Waals surface area contributed by atoms with E-state index < -0.39 is 0 Å². The van der Waals surface area contributed by atoms with E-state index in [0.717, 1.165) is 11.1 Å². The summed E-state index contributed by atoms with van der Waals surface area (Å²) in [7, 11) is 0. The van der Waals surface area contributed by atoms with Gasteiger partial charge >= 0.3 is 0 Å². The molecule has 1 heterocycles. The van der Waals surface area contributed by atoms with Crippen molar-refractivity contribution >= 4 is 5.95 Å². The van der Waals surface area contributed by atoms with Crippen molar-refractivity contribution in [3.63, 3.8) is 0 Å². The Hall–Kier alpha value is -2.45. The standard InChI is InChI=1S/C13H13N5/c14-7-10-3-1-2-4-11(10)9-17-13-16-6-5-12(8-15)18-13/h1-6H,7,9,14H2,(H,16,17,18). The van der Waals surface area contributed by atoms with E-state index in [2.05, 4.69) is 15.3 Å². The molecule has 0 radical (unpaired) electrons. The van der Waals surface area contributed by atoms with Crippen LogP contribution >= 0.6 is 0 Å². The van der Waals surface area contributed by atoms with Gasteiger partial charge in [-0.05, 0) is 17.2 Å². The lowest BCUT2D eigenvalue weighted by Crippen LogP contribution is -2.08. The van der Waals surface area contributed by atoms with Crippen LogP contribution in [0.2, 0.25) is 0 Å². The number of aromatic nitrogens is 2. The van der Waals surface area contributed by atoms with Crippen molar-refractivity contribution in [1.29, 1.82) is 5.26 Å².